The summed E-state index contributed by atoms with van der Waals surface area (Å²) < 4.78 is 0. The summed E-state index contributed by atoms with van der Waals surface area (Å²) in [5, 5.41) is 3.11. The molecule has 0 saturated heterocycles. The Bertz CT molecular complexity index is 262. The zero-order valence-corrected chi connectivity index (χ0v) is 7.07. The van der Waals surface area contributed by atoms with Crippen LogP contribution in [0.2, 0.25) is 0 Å². The summed E-state index contributed by atoms with van der Waals surface area (Å²) in [6.07, 6.45) is 5.44. The van der Waals surface area contributed by atoms with E-state index in [4.69, 9.17) is 0 Å². The summed E-state index contributed by atoms with van der Waals surface area (Å²) in [5.74, 6) is 0. The monoisotopic (exact) mass is 160 g/mol. The van der Waals surface area contributed by atoms with Gasteiger partial charge in [-0.25, -0.2) is 0 Å². The van der Waals surface area contributed by atoms with Crippen molar-refractivity contribution in [3.05, 3.63) is 42.6 Å². The van der Waals surface area contributed by atoms with Gasteiger partial charge in [0, 0.05) is 25.1 Å². The number of hydrogen-bond acceptors (Lipinski definition) is 2. The first-order chi connectivity index (χ1) is 5.93. The highest BCUT2D eigenvalue weighted by molar-refractivity contribution is 5.71. The number of hydrogen-bond donors (Lipinski definition) is 1. The number of aliphatic imine (C=N–C) groups is 1. The van der Waals surface area contributed by atoms with Crippen molar-refractivity contribution in [3.8, 4) is 0 Å². The van der Waals surface area contributed by atoms with Gasteiger partial charge in [0.15, 0.2) is 0 Å². The number of para-hydroxylation sites is 1. The molecule has 0 aromatic heterocycles. The lowest BCUT2D eigenvalue weighted by molar-refractivity contribution is 1.47. The first-order valence-corrected chi connectivity index (χ1v) is 3.82. The van der Waals surface area contributed by atoms with Crippen molar-refractivity contribution in [1.29, 1.82) is 0 Å². The molecule has 0 atom stereocenters. The molecule has 1 rings (SSSR count). The highest BCUT2D eigenvalue weighted by atomic mass is 14.8. The van der Waals surface area contributed by atoms with E-state index in [9.17, 15) is 0 Å². The molecule has 0 amide bonds. The number of allylic oxidation sites excluding steroid dienone is 1. The van der Waals surface area contributed by atoms with Crippen LogP contribution in [0.15, 0.2) is 47.6 Å². The molecule has 12 heavy (non-hydrogen) atoms. The highest BCUT2D eigenvalue weighted by Crippen LogP contribution is 2.03. The second-order valence-electron chi connectivity index (χ2n) is 2.28. The molecule has 1 N–H and O–H groups in total. The SMILES string of the molecule is CN=CC=CNc1ccccc1. The molecule has 1 aromatic carbocycles. The van der Waals surface area contributed by atoms with Gasteiger partial charge in [0.1, 0.15) is 0 Å². The predicted molar refractivity (Wildman–Crippen MR) is 53.6 cm³/mol. The van der Waals surface area contributed by atoms with Gasteiger partial charge in [-0.1, -0.05) is 18.2 Å². The largest absolute Gasteiger partial charge is 0.362 e. The van der Waals surface area contributed by atoms with E-state index in [1.807, 2.05) is 42.6 Å². The summed E-state index contributed by atoms with van der Waals surface area (Å²) in [5.41, 5.74) is 1.08. The lowest BCUT2D eigenvalue weighted by atomic mass is 10.3. The molecule has 0 aliphatic carbocycles. The third-order valence-corrected chi connectivity index (χ3v) is 1.36. The normalized spacial score (nSPS) is 11.1. The maximum Gasteiger partial charge on any atom is 0.0379 e. The van der Waals surface area contributed by atoms with Crippen LogP contribution < -0.4 is 5.32 Å². The molecular formula is C10H12N2. The van der Waals surface area contributed by atoms with E-state index in [1.165, 1.54) is 0 Å². The second-order valence-corrected chi connectivity index (χ2v) is 2.28. The zero-order chi connectivity index (χ0) is 8.65. The van der Waals surface area contributed by atoms with Gasteiger partial charge in [0.25, 0.3) is 0 Å². The van der Waals surface area contributed by atoms with Gasteiger partial charge < -0.3 is 5.32 Å². The van der Waals surface area contributed by atoms with Crippen molar-refractivity contribution >= 4 is 11.9 Å². The van der Waals surface area contributed by atoms with Gasteiger partial charge in [-0.2, -0.15) is 0 Å². The summed E-state index contributed by atoms with van der Waals surface area (Å²) in [7, 11) is 1.74. The first-order valence-electron chi connectivity index (χ1n) is 3.82. The van der Waals surface area contributed by atoms with Crippen molar-refractivity contribution in [2.45, 2.75) is 0 Å². The third kappa shape index (κ3) is 3.01. The molecule has 0 radical (unpaired) electrons. The van der Waals surface area contributed by atoms with Gasteiger partial charge >= 0.3 is 0 Å². The average Bonchev–Trinajstić information content (AvgIpc) is 2.14. The molecule has 0 heterocycles. The molecule has 0 aliphatic rings. The van der Waals surface area contributed by atoms with Crippen molar-refractivity contribution in [3.63, 3.8) is 0 Å². The van der Waals surface area contributed by atoms with Gasteiger partial charge in [0.2, 0.25) is 0 Å². The van der Waals surface area contributed by atoms with Crippen LogP contribution in [-0.2, 0) is 0 Å². The van der Waals surface area contributed by atoms with E-state index >= 15 is 0 Å². The van der Waals surface area contributed by atoms with Gasteiger partial charge in [0.05, 0.1) is 0 Å². The fourth-order valence-corrected chi connectivity index (χ4v) is 0.808. The van der Waals surface area contributed by atoms with Crippen LogP contribution in [0.3, 0.4) is 0 Å². The Morgan fingerprint density at radius 3 is 2.67 bits per heavy atom. The number of nitrogens with zero attached hydrogens (tertiary/aromatic N) is 1. The second kappa shape index (κ2) is 5.13. The molecule has 0 spiro atoms. The Kier molecular flexibility index (Phi) is 3.64. The molecule has 0 fully saturated rings. The van der Waals surface area contributed by atoms with Crippen molar-refractivity contribution < 1.29 is 0 Å². The van der Waals surface area contributed by atoms with Crippen LogP contribution in [0, 0.1) is 0 Å². The van der Waals surface area contributed by atoms with Crippen molar-refractivity contribution in [2.75, 3.05) is 12.4 Å². The van der Waals surface area contributed by atoms with Crippen LogP contribution in [0.25, 0.3) is 0 Å². The Morgan fingerprint density at radius 1 is 1.25 bits per heavy atom. The third-order valence-electron chi connectivity index (χ3n) is 1.36. The van der Waals surface area contributed by atoms with Crippen LogP contribution in [0.1, 0.15) is 0 Å². The van der Waals surface area contributed by atoms with Gasteiger partial charge in [-0.05, 0) is 18.2 Å². The lowest BCUT2D eigenvalue weighted by Gasteiger charge is -1.96. The molecule has 0 unspecified atom stereocenters. The Balaban J connectivity index is 2.43. The van der Waals surface area contributed by atoms with Crippen molar-refractivity contribution in [2.24, 2.45) is 4.99 Å². The van der Waals surface area contributed by atoms with E-state index in [0.29, 0.717) is 0 Å². The predicted octanol–water partition coefficient (Wildman–Crippen LogP) is 2.31. The van der Waals surface area contributed by atoms with Crippen LogP contribution in [0.4, 0.5) is 5.69 Å². The lowest BCUT2D eigenvalue weighted by Crippen LogP contribution is -1.85. The van der Waals surface area contributed by atoms with E-state index in [-0.39, 0.29) is 0 Å². The Morgan fingerprint density at radius 2 is 2.00 bits per heavy atom. The molecule has 2 nitrogen and oxygen atoms in total. The molecule has 0 bridgehead atoms. The van der Waals surface area contributed by atoms with Crippen LogP contribution >= 0.6 is 0 Å². The summed E-state index contributed by atoms with van der Waals surface area (Å²) in [6, 6.07) is 9.98. The number of anilines is 1. The van der Waals surface area contributed by atoms with Crippen LogP contribution in [0.5, 0.6) is 0 Å². The maximum absolute atomic E-state index is 3.82. The minimum Gasteiger partial charge on any atom is -0.362 e. The van der Waals surface area contributed by atoms with Crippen molar-refractivity contribution in [1.82, 2.24) is 0 Å². The molecule has 62 valence electrons. The minimum atomic E-state index is 1.08. The minimum absolute atomic E-state index is 1.08. The fourth-order valence-electron chi connectivity index (χ4n) is 0.808. The number of nitrogens with one attached hydrogen (secondary N) is 1. The fraction of sp³-hybridized carbons (Fsp3) is 0.100. The molecule has 2 heteroatoms. The number of benzene rings is 1. The molecule has 0 saturated carbocycles. The van der Waals surface area contributed by atoms with Gasteiger partial charge in [-0.15, -0.1) is 0 Å². The summed E-state index contributed by atoms with van der Waals surface area (Å²) in [6.45, 7) is 0. The van der Waals surface area contributed by atoms with E-state index in [2.05, 4.69) is 10.3 Å². The van der Waals surface area contributed by atoms with E-state index in [0.717, 1.165) is 5.69 Å². The summed E-state index contributed by atoms with van der Waals surface area (Å²) in [4.78, 5) is 3.82. The smallest absolute Gasteiger partial charge is 0.0379 e. The summed E-state index contributed by atoms with van der Waals surface area (Å²) >= 11 is 0. The Labute approximate surface area is 72.6 Å². The number of rotatable bonds is 3. The molecular weight excluding hydrogens is 148 g/mol. The topological polar surface area (TPSA) is 24.4 Å². The standard InChI is InChI=1S/C10H12N2/c1-11-8-5-9-12-10-6-3-2-4-7-10/h2-9,12H,1H3. The van der Waals surface area contributed by atoms with Gasteiger partial charge in [-0.3, -0.25) is 4.99 Å². The Hall–Kier alpha value is -1.57. The van der Waals surface area contributed by atoms with E-state index in [1.54, 1.807) is 13.3 Å². The van der Waals surface area contributed by atoms with E-state index < -0.39 is 0 Å². The average molecular weight is 160 g/mol. The highest BCUT2D eigenvalue weighted by Gasteiger charge is 1.81. The maximum atomic E-state index is 3.82. The zero-order valence-electron chi connectivity index (χ0n) is 7.07. The van der Waals surface area contributed by atoms with Crippen LogP contribution in [-0.4, -0.2) is 13.3 Å². The first kappa shape index (κ1) is 8.53. The molecule has 1 aromatic rings. The molecule has 0 aliphatic heterocycles. The quantitative estimate of drug-likeness (QED) is 0.674.